The lowest BCUT2D eigenvalue weighted by Gasteiger charge is -2.18. The van der Waals surface area contributed by atoms with Crippen LogP contribution in [0.3, 0.4) is 0 Å². The third-order valence-corrected chi connectivity index (χ3v) is 5.15. The van der Waals surface area contributed by atoms with Crippen LogP contribution < -0.4 is 37.1 Å². The molecule has 0 bridgehead atoms. The minimum Gasteiger partial charge on any atom is -0.494 e. The minimum atomic E-state index is 0.292. The molecule has 1 aromatic heterocycles. The Hall–Kier alpha value is -3.53. The SMILES string of the molecule is CCOC1=CC=CC(=c2nc(N)c(=C(C)C(N)=NSC)n2-c2c(OC)cccc2OC)N1. The number of dihydropyridines is 1. The van der Waals surface area contributed by atoms with Gasteiger partial charge in [-0.2, -0.15) is 4.40 Å². The quantitative estimate of drug-likeness (QED) is 0.325. The van der Waals surface area contributed by atoms with Gasteiger partial charge in [0, 0.05) is 11.8 Å². The van der Waals surface area contributed by atoms with Crippen LogP contribution in [-0.4, -0.2) is 42.5 Å². The van der Waals surface area contributed by atoms with Crippen molar-refractivity contribution in [2.45, 2.75) is 13.8 Å². The van der Waals surface area contributed by atoms with Gasteiger partial charge >= 0.3 is 0 Å². The molecule has 2 aromatic rings. The summed E-state index contributed by atoms with van der Waals surface area (Å²) in [6.07, 6.45) is 7.45. The van der Waals surface area contributed by atoms with E-state index in [2.05, 4.69) is 14.7 Å². The Kier molecular flexibility index (Phi) is 7.37. The number of para-hydroxylation sites is 1. The van der Waals surface area contributed by atoms with E-state index in [4.69, 9.17) is 25.7 Å². The molecular formula is C22H28N6O3S. The molecule has 1 aromatic carbocycles. The van der Waals surface area contributed by atoms with E-state index < -0.39 is 0 Å². The van der Waals surface area contributed by atoms with E-state index in [0.717, 1.165) is 0 Å². The lowest BCUT2D eigenvalue weighted by molar-refractivity contribution is 0.215. The van der Waals surface area contributed by atoms with E-state index in [1.807, 2.05) is 61.1 Å². The highest BCUT2D eigenvalue weighted by molar-refractivity contribution is 7.97. The number of nitrogen functional groups attached to an aromatic ring is 1. The summed E-state index contributed by atoms with van der Waals surface area (Å²) < 4.78 is 23.1. The van der Waals surface area contributed by atoms with Gasteiger partial charge in [0.1, 0.15) is 23.0 Å². The van der Waals surface area contributed by atoms with Crippen molar-refractivity contribution < 1.29 is 14.2 Å². The Morgan fingerprint density at radius 1 is 1.25 bits per heavy atom. The highest BCUT2D eigenvalue weighted by Crippen LogP contribution is 2.31. The Balaban J connectivity index is 2.50. The molecular weight excluding hydrogens is 428 g/mol. The Bertz CT molecular complexity index is 1190. The number of ether oxygens (including phenoxy) is 3. The number of hydrogen-bond acceptors (Lipinski definition) is 8. The van der Waals surface area contributed by atoms with Gasteiger partial charge in [-0.25, -0.2) is 4.98 Å². The van der Waals surface area contributed by atoms with E-state index in [-0.39, 0.29) is 0 Å². The van der Waals surface area contributed by atoms with Crippen LogP contribution in [0, 0.1) is 0 Å². The number of hydrogen-bond donors (Lipinski definition) is 3. The fourth-order valence-electron chi connectivity index (χ4n) is 3.35. The normalized spacial score (nSPS) is 16.3. The zero-order chi connectivity index (χ0) is 23.3. The molecule has 2 heterocycles. The van der Waals surface area contributed by atoms with Gasteiger partial charge < -0.3 is 31.0 Å². The van der Waals surface area contributed by atoms with Gasteiger partial charge in [-0.15, -0.1) is 0 Å². The molecule has 10 heteroatoms. The highest BCUT2D eigenvalue weighted by Gasteiger charge is 2.21. The summed E-state index contributed by atoms with van der Waals surface area (Å²) in [5.41, 5.74) is 15.2. The van der Waals surface area contributed by atoms with Crippen LogP contribution in [0.15, 0.2) is 46.7 Å². The number of methoxy groups -OCH3 is 2. The molecule has 0 spiro atoms. The average molecular weight is 457 g/mol. The van der Waals surface area contributed by atoms with E-state index in [0.29, 0.717) is 63.4 Å². The molecule has 1 aliphatic heterocycles. The molecule has 0 fully saturated rings. The molecule has 170 valence electrons. The summed E-state index contributed by atoms with van der Waals surface area (Å²) in [6, 6.07) is 5.54. The number of nitrogens with zero attached hydrogens (tertiary/aromatic N) is 3. The maximum atomic E-state index is 6.43. The van der Waals surface area contributed by atoms with Crippen LogP contribution in [0.2, 0.25) is 0 Å². The number of rotatable bonds is 7. The van der Waals surface area contributed by atoms with Crippen LogP contribution >= 0.6 is 11.9 Å². The summed E-state index contributed by atoms with van der Waals surface area (Å²) in [5.74, 6) is 2.41. The van der Waals surface area contributed by atoms with Crippen molar-refractivity contribution in [3.63, 3.8) is 0 Å². The van der Waals surface area contributed by atoms with Gasteiger partial charge in [0.05, 0.1) is 31.9 Å². The van der Waals surface area contributed by atoms with Crippen molar-refractivity contribution in [1.29, 1.82) is 0 Å². The first kappa shape index (κ1) is 23.1. The number of anilines is 1. The first-order valence-corrected chi connectivity index (χ1v) is 11.1. The lowest BCUT2D eigenvalue weighted by Crippen LogP contribution is -2.35. The summed E-state index contributed by atoms with van der Waals surface area (Å²) in [5, 5.41) is 3.85. The maximum absolute atomic E-state index is 6.43. The van der Waals surface area contributed by atoms with Gasteiger partial charge in [0.2, 0.25) is 0 Å². The maximum Gasteiger partial charge on any atom is 0.191 e. The van der Waals surface area contributed by atoms with Crippen LogP contribution in [0.5, 0.6) is 11.5 Å². The summed E-state index contributed by atoms with van der Waals surface area (Å²) in [6.45, 7) is 4.30. The summed E-state index contributed by atoms with van der Waals surface area (Å²) >= 11 is 1.27. The van der Waals surface area contributed by atoms with Gasteiger partial charge in [0.25, 0.3) is 0 Å². The molecule has 0 saturated carbocycles. The van der Waals surface area contributed by atoms with Gasteiger partial charge in [-0.3, -0.25) is 4.57 Å². The van der Waals surface area contributed by atoms with Gasteiger partial charge in [-0.1, -0.05) is 12.1 Å². The summed E-state index contributed by atoms with van der Waals surface area (Å²) in [7, 11) is 3.19. The van der Waals surface area contributed by atoms with Gasteiger partial charge in [0.15, 0.2) is 17.2 Å². The molecule has 32 heavy (non-hydrogen) atoms. The second-order valence-electron chi connectivity index (χ2n) is 6.66. The third-order valence-electron chi connectivity index (χ3n) is 4.77. The van der Waals surface area contributed by atoms with E-state index >= 15 is 0 Å². The van der Waals surface area contributed by atoms with E-state index in [9.17, 15) is 0 Å². The van der Waals surface area contributed by atoms with Crippen molar-refractivity contribution in [2.75, 3.05) is 32.8 Å². The van der Waals surface area contributed by atoms with Crippen LogP contribution in [0.25, 0.3) is 17.0 Å². The Labute approximate surface area is 191 Å². The molecule has 0 saturated heterocycles. The molecule has 0 aliphatic carbocycles. The molecule has 0 unspecified atom stereocenters. The predicted octanol–water partition coefficient (Wildman–Crippen LogP) is 1.42. The number of amidine groups is 1. The van der Waals surface area contributed by atoms with Gasteiger partial charge in [-0.05, 0) is 50.1 Å². The number of allylic oxidation sites excluding steroid dienone is 2. The topological polar surface area (TPSA) is 122 Å². The first-order valence-electron chi connectivity index (χ1n) is 9.92. The largest absolute Gasteiger partial charge is 0.494 e. The fourth-order valence-corrected chi connectivity index (χ4v) is 3.69. The zero-order valence-electron chi connectivity index (χ0n) is 18.8. The molecule has 0 amide bonds. The standard InChI is InChI=1S/C22H28N6O3S/c1-6-31-17-12-7-9-14(25-17)22-26-21(24)18(13(2)20(23)27-32-5)28(22)19-15(29-3)10-8-11-16(19)30-4/h7-12,25H,6H2,1-5H3,(H2,23,27)(H2,24,26). The minimum absolute atomic E-state index is 0.292. The Morgan fingerprint density at radius 2 is 1.94 bits per heavy atom. The molecule has 5 N–H and O–H groups in total. The number of imidazole rings is 1. The van der Waals surface area contributed by atoms with Crippen molar-refractivity contribution >= 4 is 34.9 Å². The molecule has 0 atom stereocenters. The smallest absolute Gasteiger partial charge is 0.191 e. The lowest BCUT2D eigenvalue weighted by atomic mass is 10.2. The number of nitrogens with one attached hydrogen (secondary N) is 1. The Morgan fingerprint density at radius 3 is 2.53 bits per heavy atom. The van der Waals surface area contributed by atoms with Crippen molar-refractivity contribution in [3.05, 3.63) is 53.1 Å². The van der Waals surface area contributed by atoms with E-state index in [1.54, 1.807) is 14.2 Å². The fraction of sp³-hybridized carbons (Fsp3) is 0.273. The second-order valence-corrected chi connectivity index (χ2v) is 7.21. The second kappa shape index (κ2) is 10.2. The first-order chi connectivity index (χ1) is 15.5. The van der Waals surface area contributed by atoms with Crippen LogP contribution in [0.4, 0.5) is 5.82 Å². The number of nitrogens with two attached hydrogens (primary N) is 2. The van der Waals surface area contributed by atoms with Crippen LogP contribution in [0.1, 0.15) is 13.8 Å². The van der Waals surface area contributed by atoms with Crippen molar-refractivity contribution in [2.24, 2.45) is 10.1 Å². The molecule has 0 radical (unpaired) electrons. The number of benzene rings is 1. The van der Waals surface area contributed by atoms with Crippen molar-refractivity contribution in [3.8, 4) is 17.2 Å². The van der Waals surface area contributed by atoms with Crippen molar-refractivity contribution in [1.82, 2.24) is 14.9 Å². The molecule has 1 aliphatic rings. The monoisotopic (exact) mass is 456 g/mol. The number of aromatic nitrogens is 2. The summed E-state index contributed by atoms with van der Waals surface area (Å²) in [4.78, 5) is 4.68. The van der Waals surface area contributed by atoms with Crippen LogP contribution in [-0.2, 0) is 4.74 Å². The molecule has 3 rings (SSSR count). The molecule has 9 nitrogen and oxygen atoms in total. The third kappa shape index (κ3) is 4.40. The van der Waals surface area contributed by atoms with E-state index in [1.165, 1.54) is 11.9 Å². The zero-order valence-corrected chi connectivity index (χ0v) is 19.6. The average Bonchev–Trinajstić information content (AvgIpc) is 3.15. The predicted molar refractivity (Wildman–Crippen MR) is 130 cm³/mol. The highest BCUT2D eigenvalue weighted by atomic mass is 32.2.